The van der Waals surface area contributed by atoms with Crippen molar-refractivity contribution in [1.29, 1.82) is 0 Å². The van der Waals surface area contributed by atoms with Gasteiger partial charge < -0.3 is 24.3 Å². The molecule has 0 bridgehead atoms. The Morgan fingerprint density at radius 1 is 0.632 bits per heavy atom. The Hall–Kier alpha value is 1.58. The van der Waals surface area contributed by atoms with Gasteiger partial charge in [0, 0.05) is 20.0 Å². The molecule has 0 saturated heterocycles. The second-order valence-corrected chi connectivity index (χ2v) is 9.70. The maximum Gasteiger partial charge on any atom is 0.920 e. The zero-order valence-electron chi connectivity index (χ0n) is 12.5. The molecule has 0 saturated carbocycles. The second-order valence-electron chi connectivity index (χ2n) is 3.18. The molecule has 0 amide bonds. The molecule has 0 aliphatic heterocycles. The van der Waals surface area contributed by atoms with E-state index in [-0.39, 0.29) is 0 Å². The average molecular weight is 348 g/mol. The summed E-state index contributed by atoms with van der Waals surface area (Å²) in [5.74, 6) is 0. The Kier molecular flexibility index (Phi) is 14.4. The molecule has 10 heteroatoms. The van der Waals surface area contributed by atoms with E-state index in [2.05, 4.69) is 0 Å². The second kappa shape index (κ2) is 13.3. The molecule has 0 aliphatic carbocycles. The molecular formula is C9H24AlO6P3. The molecule has 0 aromatic heterocycles. The van der Waals surface area contributed by atoms with Crippen LogP contribution >= 0.6 is 25.1 Å². The van der Waals surface area contributed by atoms with Gasteiger partial charge in [-0.3, -0.25) is 0 Å². The minimum Gasteiger partial charge on any atom is -0.411 e. The van der Waals surface area contributed by atoms with Gasteiger partial charge >= 0.3 is 15.1 Å². The number of hydrogen-bond acceptors (Lipinski definition) is 6. The average Bonchev–Trinajstić information content (AvgIpc) is 2.29. The molecule has 0 rings (SSSR count). The highest BCUT2D eigenvalue weighted by molar-refractivity contribution is 7.51. The van der Waals surface area contributed by atoms with E-state index < -0.39 is 40.3 Å². The molecule has 6 nitrogen and oxygen atoms in total. The highest BCUT2D eigenvalue weighted by atomic mass is 31.2. The highest BCUT2D eigenvalue weighted by Gasteiger charge is 2.39. The summed E-state index contributed by atoms with van der Waals surface area (Å²) >= 11 is -2.29. The molecule has 0 aromatic carbocycles. The molecule has 114 valence electrons. The topological polar surface area (TPSA) is 55.4 Å². The number of rotatable bonds is 12. The summed E-state index contributed by atoms with van der Waals surface area (Å²) in [4.78, 5) is 0. The summed E-state index contributed by atoms with van der Waals surface area (Å²) in [6.07, 6.45) is 0. The lowest BCUT2D eigenvalue weighted by Gasteiger charge is -2.22. The summed E-state index contributed by atoms with van der Waals surface area (Å²) in [6.45, 7) is 13.3. The van der Waals surface area contributed by atoms with Crippen LogP contribution in [0.1, 0.15) is 20.8 Å². The van der Waals surface area contributed by atoms with Crippen LogP contribution in [0, 0.1) is 0 Å². The molecular weight excluding hydrogens is 324 g/mol. The monoisotopic (exact) mass is 348 g/mol. The lowest BCUT2D eigenvalue weighted by molar-refractivity contribution is 0.251. The SMILES string of the molecule is CCOP(C)[O][Al]([O]P(C)OCC)[O]P(C)OCC. The van der Waals surface area contributed by atoms with Crippen molar-refractivity contribution in [1.82, 2.24) is 0 Å². The fourth-order valence-corrected chi connectivity index (χ4v) is 7.29. The van der Waals surface area contributed by atoms with Crippen LogP contribution in [0.4, 0.5) is 0 Å². The summed E-state index contributed by atoms with van der Waals surface area (Å²) < 4.78 is 33.4. The lowest BCUT2D eigenvalue weighted by Crippen LogP contribution is -2.22. The molecule has 0 aromatic rings. The van der Waals surface area contributed by atoms with Crippen molar-refractivity contribution in [2.75, 3.05) is 39.8 Å². The summed E-state index contributed by atoms with van der Waals surface area (Å²) in [6, 6.07) is 0. The predicted octanol–water partition coefficient (Wildman–Crippen LogP) is 3.96. The minimum atomic E-state index is -2.29. The Labute approximate surface area is 125 Å². The quantitative estimate of drug-likeness (QED) is 0.393. The van der Waals surface area contributed by atoms with Gasteiger partial charge in [0.15, 0.2) is 0 Å². The van der Waals surface area contributed by atoms with Crippen molar-refractivity contribution in [2.24, 2.45) is 0 Å². The van der Waals surface area contributed by atoms with Crippen LogP contribution in [0.5, 0.6) is 0 Å². The third-order valence-corrected chi connectivity index (χ3v) is 9.13. The minimum absolute atomic E-state index is 0.613. The zero-order chi connectivity index (χ0) is 14.7. The van der Waals surface area contributed by atoms with E-state index in [0.717, 1.165) is 0 Å². The first-order valence-electron chi connectivity index (χ1n) is 6.13. The van der Waals surface area contributed by atoms with Gasteiger partial charge in [0.25, 0.3) is 0 Å². The van der Waals surface area contributed by atoms with Gasteiger partial charge in [0.05, 0.1) is 19.8 Å². The van der Waals surface area contributed by atoms with E-state index in [1.54, 1.807) is 0 Å². The summed E-state index contributed by atoms with van der Waals surface area (Å²) in [5.41, 5.74) is 0. The van der Waals surface area contributed by atoms with Crippen LogP contribution in [0.3, 0.4) is 0 Å². The molecule has 3 unspecified atom stereocenters. The van der Waals surface area contributed by atoms with E-state index in [0.29, 0.717) is 19.8 Å². The van der Waals surface area contributed by atoms with Crippen LogP contribution in [0.15, 0.2) is 0 Å². The van der Waals surface area contributed by atoms with E-state index in [9.17, 15) is 0 Å². The maximum atomic E-state index is 5.73. The number of hydrogen-bond donors (Lipinski definition) is 0. The van der Waals surface area contributed by atoms with Crippen molar-refractivity contribution < 1.29 is 24.3 Å². The van der Waals surface area contributed by atoms with Gasteiger partial charge in [0.2, 0.25) is 0 Å². The van der Waals surface area contributed by atoms with E-state index >= 15 is 0 Å². The van der Waals surface area contributed by atoms with Crippen molar-refractivity contribution >= 4 is 40.3 Å². The maximum absolute atomic E-state index is 5.73. The fourth-order valence-electron chi connectivity index (χ4n) is 1.06. The predicted molar refractivity (Wildman–Crippen MR) is 82.4 cm³/mol. The molecule has 0 aliphatic rings. The van der Waals surface area contributed by atoms with Crippen molar-refractivity contribution in [3.63, 3.8) is 0 Å². The largest absolute Gasteiger partial charge is 0.920 e. The molecule has 19 heavy (non-hydrogen) atoms. The van der Waals surface area contributed by atoms with Gasteiger partial charge in [-0.1, -0.05) is 0 Å². The Morgan fingerprint density at radius 2 is 0.895 bits per heavy atom. The summed E-state index contributed by atoms with van der Waals surface area (Å²) in [7, 11) is -2.94. The van der Waals surface area contributed by atoms with E-state index in [4.69, 9.17) is 24.3 Å². The molecule has 0 fully saturated rings. The first kappa shape index (κ1) is 20.6. The van der Waals surface area contributed by atoms with Gasteiger partial charge in [-0.2, -0.15) is 0 Å². The Morgan fingerprint density at radius 3 is 1.11 bits per heavy atom. The van der Waals surface area contributed by atoms with Gasteiger partial charge in [-0.25, -0.2) is 0 Å². The van der Waals surface area contributed by atoms with Gasteiger partial charge in [-0.05, 0) is 20.8 Å². The lowest BCUT2D eigenvalue weighted by atomic mass is 10.9. The molecule has 0 spiro atoms. The standard InChI is InChI=1S/3C3H8O2P.Al/c3*1-3-5-6(2)4;/h3*3H2,1-2H3;/q3*-1;+3. The molecule has 0 N–H and O–H groups in total. The Balaban J connectivity index is 4.28. The first-order chi connectivity index (χ1) is 9.03. The third kappa shape index (κ3) is 11.9. The van der Waals surface area contributed by atoms with Crippen LogP contribution in [0.2, 0.25) is 0 Å². The molecule has 3 atom stereocenters. The van der Waals surface area contributed by atoms with Crippen LogP contribution in [0.25, 0.3) is 0 Å². The normalized spacial score (nSPS) is 16.1. The van der Waals surface area contributed by atoms with Crippen molar-refractivity contribution in [3.8, 4) is 0 Å². The first-order valence-corrected chi connectivity index (χ1v) is 12.4. The zero-order valence-corrected chi connectivity index (χ0v) is 16.3. The van der Waals surface area contributed by atoms with Crippen molar-refractivity contribution in [3.05, 3.63) is 0 Å². The Bertz CT molecular complexity index is 183. The summed E-state index contributed by atoms with van der Waals surface area (Å²) in [5, 5.41) is 0. The van der Waals surface area contributed by atoms with E-state index in [1.165, 1.54) is 0 Å². The van der Waals surface area contributed by atoms with Gasteiger partial charge in [-0.15, -0.1) is 0 Å². The van der Waals surface area contributed by atoms with Crippen LogP contribution in [-0.2, 0) is 24.3 Å². The van der Waals surface area contributed by atoms with Crippen LogP contribution in [-0.4, -0.2) is 55.0 Å². The fraction of sp³-hybridized carbons (Fsp3) is 1.00. The van der Waals surface area contributed by atoms with Crippen molar-refractivity contribution in [2.45, 2.75) is 20.8 Å². The third-order valence-electron chi connectivity index (χ3n) is 1.64. The molecule has 0 heterocycles. The smallest absolute Gasteiger partial charge is 0.411 e. The van der Waals surface area contributed by atoms with E-state index in [1.807, 2.05) is 40.8 Å². The van der Waals surface area contributed by atoms with Gasteiger partial charge in [0.1, 0.15) is 25.1 Å². The van der Waals surface area contributed by atoms with Crippen LogP contribution < -0.4 is 0 Å². The molecule has 0 radical (unpaired) electrons. The highest BCUT2D eigenvalue weighted by Crippen LogP contribution is 2.44.